The van der Waals surface area contributed by atoms with Gasteiger partial charge in [0.2, 0.25) is 0 Å². The van der Waals surface area contributed by atoms with Crippen LogP contribution in [0.5, 0.6) is 0 Å². The third kappa shape index (κ3) is 2.67. The van der Waals surface area contributed by atoms with E-state index in [1.807, 2.05) is 13.8 Å². The highest BCUT2D eigenvalue weighted by atomic mass is 19.1. The smallest absolute Gasteiger partial charge is 0.123 e. The Morgan fingerprint density at radius 3 is 2.85 bits per heavy atom. The Morgan fingerprint density at radius 2 is 2.23 bits per heavy atom. The van der Waals surface area contributed by atoms with E-state index < -0.39 is 0 Å². The van der Waals surface area contributed by atoms with Crippen LogP contribution in [0.25, 0.3) is 6.08 Å². The minimum atomic E-state index is -0.248. The van der Waals surface area contributed by atoms with E-state index in [2.05, 4.69) is 0 Å². The first kappa shape index (κ1) is 9.93. The van der Waals surface area contributed by atoms with Crippen molar-refractivity contribution < 1.29 is 9.50 Å². The van der Waals surface area contributed by atoms with Gasteiger partial charge in [-0.1, -0.05) is 12.1 Å². The Labute approximate surface area is 77.5 Å². The summed E-state index contributed by atoms with van der Waals surface area (Å²) >= 11 is 0. The van der Waals surface area contributed by atoms with Gasteiger partial charge in [-0.15, -0.1) is 0 Å². The molecule has 1 aromatic rings. The molecule has 0 amide bonds. The predicted octanol–water partition coefficient (Wildman–Crippen LogP) is 2.53. The molecular formula is C11H13FO. The molecule has 0 saturated carbocycles. The van der Waals surface area contributed by atoms with Crippen LogP contribution in [0.3, 0.4) is 0 Å². The van der Waals surface area contributed by atoms with Crippen LogP contribution in [0.1, 0.15) is 18.1 Å². The number of rotatable bonds is 2. The van der Waals surface area contributed by atoms with Crippen LogP contribution >= 0.6 is 0 Å². The van der Waals surface area contributed by atoms with Crippen molar-refractivity contribution in [2.45, 2.75) is 13.8 Å². The Balaban J connectivity index is 3.07. The zero-order valence-electron chi connectivity index (χ0n) is 7.84. The predicted molar refractivity (Wildman–Crippen MR) is 51.9 cm³/mol. The molecule has 0 fully saturated rings. The molecule has 0 heterocycles. The van der Waals surface area contributed by atoms with Crippen LogP contribution in [0.15, 0.2) is 23.8 Å². The molecule has 1 nitrogen and oxygen atoms in total. The molecule has 0 bridgehead atoms. The molecule has 0 aliphatic rings. The van der Waals surface area contributed by atoms with Gasteiger partial charge in [-0.25, -0.2) is 4.39 Å². The van der Waals surface area contributed by atoms with Crippen molar-refractivity contribution in [3.05, 3.63) is 40.7 Å². The lowest BCUT2D eigenvalue weighted by Gasteiger charge is -2.01. The summed E-state index contributed by atoms with van der Waals surface area (Å²) < 4.78 is 12.8. The Morgan fingerprint density at radius 1 is 1.54 bits per heavy atom. The maximum absolute atomic E-state index is 12.8. The molecule has 0 atom stereocenters. The van der Waals surface area contributed by atoms with E-state index in [9.17, 15) is 4.39 Å². The number of aliphatic hydroxyl groups is 1. The van der Waals surface area contributed by atoms with Crippen molar-refractivity contribution in [1.82, 2.24) is 0 Å². The minimum Gasteiger partial charge on any atom is -0.392 e. The quantitative estimate of drug-likeness (QED) is 0.741. The van der Waals surface area contributed by atoms with Crippen molar-refractivity contribution in [3.8, 4) is 0 Å². The molecule has 0 unspecified atom stereocenters. The first-order valence-corrected chi connectivity index (χ1v) is 4.17. The number of benzene rings is 1. The summed E-state index contributed by atoms with van der Waals surface area (Å²) in [6.45, 7) is 3.73. The lowest BCUT2D eigenvalue weighted by Crippen LogP contribution is -1.87. The number of aryl methyl sites for hydroxylation is 1. The lowest BCUT2D eigenvalue weighted by molar-refractivity contribution is 0.332. The molecule has 1 rings (SSSR count). The van der Waals surface area contributed by atoms with Gasteiger partial charge in [-0.2, -0.15) is 0 Å². The second-order valence-electron chi connectivity index (χ2n) is 3.15. The topological polar surface area (TPSA) is 20.2 Å². The van der Waals surface area contributed by atoms with Crippen molar-refractivity contribution in [2.75, 3.05) is 6.61 Å². The van der Waals surface area contributed by atoms with Gasteiger partial charge in [0.1, 0.15) is 5.82 Å². The third-order valence-corrected chi connectivity index (χ3v) is 1.89. The summed E-state index contributed by atoms with van der Waals surface area (Å²) in [4.78, 5) is 0. The van der Waals surface area contributed by atoms with Gasteiger partial charge < -0.3 is 5.11 Å². The Kier molecular flexibility index (Phi) is 3.20. The first-order valence-electron chi connectivity index (χ1n) is 4.17. The Hall–Kier alpha value is -1.15. The zero-order chi connectivity index (χ0) is 9.84. The van der Waals surface area contributed by atoms with E-state index >= 15 is 0 Å². The summed E-state index contributed by atoms with van der Waals surface area (Å²) in [5, 5.41) is 8.79. The molecule has 0 aliphatic heterocycles. The molecule has 13 heavy (non-hydrogen) atoms. The highest BCUT2D eigenvalue weighted by molar-refractivity contribution is 5.56. The monoisotopic (exact) mass is 180 g/mol. The number of hydrogen-bond acceptors (Lipinski definition) is 1. The van der Waals surface area contributed by atoms with Gasteiger partial charge in [0, 0.05) is 0 Å². The van der Waals surface area contributed by atoms with Crippen molar-refractivity contribution in [1.29, 1.82) is 0 Å². The molecule has 1 N–H and O–H groups in total. The fraction of sp³-hybridized carbons (Fsp3) is 0.273. The molecular weight excluding hydrogens is 167 g/mol. The molecule has 0 aliphatic carbocycles. The maximum atomic E-state index is 12.8. The summed E-state index contributed by atoms with van der Waals surface area (Å²) in [5.41, 5.74) is 2.66. The fourth-order valence-electron chi connectivity index (χ4n) is 1.08. The maximum Gasteiger partial charge on any atom is 0.123 e. The van der Waals surface area contributed by atoms with Crippen molar-refractivity contribution >= 4 is 6.08 Å². The van der Waals surface area contributed by atoms with Gasteiger partial charge in [-0.3, -0.25) is 0 Å². The standard InChI is InChI=1S/C11H13FO/c1-8(7-13)5-10-6-11(12)4-3-9(10)2/h3-6,13H,7H2,1-2H3/b8-5-. The van der Waals surface area contributed by atoms with Crippen LogP contribution in [0, 0.1) is 12.7 Å². The van der Waals surface area contributed by atoms with Crippen LogP contribution in [0.4, 0.5) is 4.39 Å². The summed E-state index contributed by atoms with van der Waals surface area (Å²) in [6.07, 6.45) is 1.79. The highest BCUT2D eigenvalue weighted by Gasteiger charge is 1.97. The summed E-state index contributed by atoms with van der Waals surface area (Å²) in [5.74, 6) is -0.248. The molecule has 70 valence electrons. The van der Waals surface area contributed by atoms with Gasteiger partial charge in [0.05, 0.1) is 6.61 Å². The first-order chi connectivity index (χ1) is 6.13. The van der Waals surface area contributed by atoms with E-state index in [-0.39, 0.29) is 12.4 Å². The van der Waals surface area contributed by atoms with Crippen LogP contribution in [-0.4, -0.2) is 11.7 Å². The average molecular weight is 180 g/mol. The molecule has 0 spiro atoms. The lowest BCUT2D eigenvalue weighted by atomic mass is 10.1. The molecule has 2 heteroatoms. The second-order valence-corrected chi connectivity index (χ2v) is 3.15. The normalized spacial score (nSPS) is 11.8. The van der Waals surface area contributed by atoms with Crippen molar-refractivity contribution in [3.63, 3.8) is 0 Å². The summed E-state index contributed by atoms with van der Waals surface area (Å²) in [6, 6.07) is 4.63. The molecule has 0 aromatic heterocycles. The number of hydrogen-bond donors (Lipinski definition) is 1. The Bertz CT molecular complexity index is 329. The molecule has 0 saturated heterocycles. The highest BCUT2D eigenvalue weighted by Crippen LogP contribution is 2.13. The largest absolute Gasteiger partial charge is 0.392 e. The van der Waals surface area contributed by atoms with Crippen LogP contribution in [-0.2, 0) is 0 Å². The molecule has 1 aromatic carbocycles. The van der Waals surface area contributed by atoms with Gasteiger partial charge in [0.25, 0.3) is 0 Å². The van der Waals surface area contributed by atoms with E-state index in [4.69, 9.17) is 5.11 Å². The number of halogens is 1. The second kappa shape index (κ2) is 4.19. The van der Waals surface area contributed by atoms with Crippen LogP contribution in [0.2, 0.25) is 0 Å². The van der Waals surface area contributed by atoms with Crippen molar-refractivity contribution in [2.24, 2.45) is 0 Å². The van der Waals surface area contributed by atoms with E-state index in [1.54, 1.807) is 12.1 Å². The zero-order valence-corrected chi connectivity index (χ0v) is 7.84. The fourth-order valence-corrected chi connectivity index (χ4v) is 1.08. The van der Waals surface area contributed by atoms with E-state index in [0.717, 1.165) is 16.7 Å². The minimum absolute atomic E-state index is 0.00987. The SMILES string of the molecule is C/C(=C/c1cc(F)ccc1C)CO. The van der Waals surface area contributed by atoms with E-state index in [0.29, 0.717) is 0 Å². The van der Waals surface area contributed by atoms with Gasteiger partial charge in [0.15, 0.2) is 0 Å². The average Bonchev–Trinajstić information content (AvgIpc) is 2.11. The van der Waals surface area contributed by atoms with Gasteiger partial charge >= 0.3 is 0 Å². The number of aliphatic hydroxyl groups excluding tert-OH is 1. The summed E-state index contributed by atoms with van der Waals surface area (Å²) in [7, 11) is 0. The molecule has 0 radical (unpaired) electrons. The van der Waals surface area contributed by atoms with Crippen LogP contribution < -0.4 is 0 Å². The third-order valence-electron chi connectivity index (χ3n) is 1.89. The van der Waals surface area contributed by atoms with E-state index in [1.165, 1.54) is 12.1 Å². The van der Waals surface area contributed by atoms with Gasteiger partial charge in [-0.05, 0) is 42.7 Å².